The highest BCUT2D eigenvalue weighted by Gasteiger charge is 2.39. The third-order valence-corrected chi connectivity index (χ3v) is 7.68. The van der Waals surface area contributed by atoms with E-state index in [0.717, 1.165) is 14.7 Å². The molecule has 3 heterocycles. The maximum atomic E-state index is 12.8. The van der Waals surface area contributed by atoms with Gasteiger partial charge < -0.3 is 24.6 Å². The van der Waals surface area contributed by atoms with Gasteiger partial charge in [0.15, 0.2) is 0 Å². The molecule has 1 saturated heterocycles. The van der Waals surface area contributed by atoms with Crippen LogP contribution in [0.3, 0.4) is 0 Å². The van der Waals surface area contributed by atoms with E-state index < -0.39 is 92.6 Å². The number of esters is 2. The van der Waals surface area contributed by atoms with Crippen molar-refractivity contribution in [3.63, 3.8) is 0 Å². The number of aliphatic hydroxyl groups is 2. The number of fused-ring (bicyclic) bond motifs is 2. The van der Waals surface area contributed by atoms with Gasteiger partial charge in [0.05, 0.1) is 59.6 Å². The average Bonchev–Trinajstić information content (AvgIpc) is 3.59. The molecule has 0 aliphatic carbocycles. The van der Waals surface area contributed by atoms with Gasteiger partial charge in [-0.1, -0.05) is 11.8 Å². The van der Waals surface area contributed by atoms with Gasteiger partial charge in [0.1, 0.15) is 32.0 Å². The van der Waals surface area contributed by atoms with Gasteiger partial charge in [-0.05, 0) is 36.4 Å². The minimum atomic E-state index is -1.50. The van der Waals surface area contributed by atoms with Gasteiger partial charge in [0.2, 0.25) is 5.91 Å². The molecule has 2 unspecified atom stereocenters. The van der Waals surface area contributed by atoms with Gasteiger partial charge >= 0.3 is 18.0 Å². The highest BCUT2D eigenvalue weighted by molar-refractivity contribution is 6.23. The predicted octanol–water partition coefficient (Wildman–Crippen LogP) is -0.855. The molecule has 0 aromatic heterocycles. The second-order valence-electron chi connectivity index (χ2n) is 11.0. The summed E-state index contributed by atoms with van der Waals surface area (Å²) in [5.41, 5.74) is -0.0828. The Bertz CT molecular complexity index is 1910. The first-order valence-corrected chi connectivity index (χ1v) is 14.5. The minimum absolute atomic E-state index is 0.0288. The van der Waals surface area contributed by atoms with Gasteiger partial charge in [0.25, 0.3) is 23.6 Å². The van der Waals surface area contributed by atoms with Crippen LogP contribution in [0.25, 0.3) is 0 Å². The van der Waals surface area contributed by atoms with Gasteiger partial charge in [-0.2, -0.15) is 0 Å². The summed E-state index contributed by atoms with van der Waals surface area (Å²) in [5.74, 6) is -0.691. The zero-order chi connectivity index (χ0) is 35.6. The molecule has 2 aromatic carbocycles. The Balaban J connectivity index is 1.09. The van der Waals surface area contributed by atoms with E-state index in [9.17, 15) is 48.6 Å². The third-order valence-electron chi connectivity index (χ3n) is 7.68. The van der Waals surface area contributed by atoms with Crippen LogP contribution in [-0.2, 0) is 14.3 Å². The first kappa shape index (κ1) is 34.0. The highest BCUT2D eigenvalue weighted by atomic mass is 16.5. The maximum Gasteiger partial charge on any atom is 0.338 e. The van der Waals surface area contributed by atoms with Crippen molar-refractivity contribution in [2.24, 2.45) is 0 Å². The fourth-order valence-electron chi connectivity index (χ4n) is 5.30. The van der Waals surface area contributed by atoms with E-state index in [2.05, 4.69) is 11.8 Å². The standard InChI is InChI=1S/C33H26N4O12/c1-3-9-35-27(41)22-7-5-18(11-24(22)29(35)43)31(45)48-16-20(38)13-34-15-26(40)37(33(34)47)14-21(39)17-49-32(46)19-6-8-23-25(12-19)30(44)36(10-4-2)28(23)42/h1-2,5-8,11-12,20-21,38-39H,9-10,13-17H2. The van der Waals surface area contributed by atoms with Crippen molar-refractivity contribution in [1.82, 2.24) is 19.6 Å². The molecule has 16 heteroatoms. The van der Waals surface area contributed by atoms with Gasteiger partial charge in [-0.3, -0.25) is 38.7 Å². The molecule has 49 heavy (non-hydrogen) atoms. The van der Waals surface area contributed by atoms with Crippen molar-refractivity contribution in [2.45, 2.75) is 12.2 Å². The molecule has 2 atom stereocenters. The zero-order valence-corrected chi connectivity index (χ0v) is 25.5. The molecule has 7 amide bonds. The van der Waals surface area contributed by atoms with Gasteiger partial charge in [0, 0.05) is 0 Å². The lowest BCUT2D eigenvalue weighted by Crippen LogP contribution is -2.42. The van der Waals surface area contributed by atoms with Crippen LogP contribution in [0.2, 0.25) is 0 Å². The lowest BCUT2D eigenvalue weighted by molar-refractivity contribution is -0.126. The molecule has 0 radical (unpaired) electrons. The summed E-state index contributed by atoms with van der Waals surface area (Å²) < 4.78 is 10.2. The quantitative estimate of drug-likeness (QED) is 0.122. The number of amides is 7. The maximum absolute atomic E-state index is 12.8. The Morgan fingerprint density at radius 2 is 1.10 bits per heavy atom. The number of carbonyl (C=O) groups excluding carboxylic acids is 8. The number of rotatable bonds is 12. The lowest BCUT2D eigenvalue weighted by Gasteiger charge is -2.21. The van der Waals surface area contributed by atoms with Crippen molar-refractivity contribution >= 4 is 47.5 Å². The predicted molar refractivity (Wildman–Crippen MR) is 163 cm³/mol. The average molecular weight is 671 g/mol. The van der Waals surface area contributed by atoms with E-state index in [0.29, 0.717) is 4.90 Å². The SMILES string of the molecule is C#CCN1C(=O)c2ccc(C(=O)OCC(O)CN3CC(=O)N(CC(O)COC(=O)c4ccc5c(c4)C(=O)N(CC#C)C5=O)C3=O)cc2C1=O. The minimum Gasteiger partial charge on any atom is -0.459 e. The summed E-state index contributed by atoms with van der Waals surface area (Å²) in [4.78, 5) is 103. The number of benzene rings is 2. The fourth-order valence-corrected chi connectivity index (χ4v) is 5.30. The molecule has 2 N–H and O–H groups in total. The summed E-state index contributed by atoms with van der Waals surface area (Å²) in [5, 5.41) is 20.8. The highest BCUT2D eigenvalue weighted by Crippen LogP contribution is 2.25. The van der Waals surface area contributed by atoms with Crippen molar-refractivity contribution in [3.8, 4) is 24.7 Å². The van der Waals surface area contributed by atoms with Crippen molar-refractivity contribution in [1.29, 1.82) is 0 Å². The van der Waals surface area contributed by atoms with Crippen LogP contribution in [0.5, 0.6) is 0 Å². The molecule has 2 aromatic rings. The number of hydrogen-bond acceptors (Lipinski definition) is 12. The van der Waals surface area contributed by atoms with E-state index in [1.807, 2.05) is 0 Å². The van der Waals surface area contributed by atoms with E-state index in [1.54, 1.807) is 0 Å². The van der Waals surface area contributed by atoms with E-state index in [4.69, 9.17) is 22.3 Å². The molecule has 0 bridgehead atoms. The van der Waals surface area contributed by atoms with Crippen molar-refractivity contribution in [2.75, 3.05) is 45.9 Å². The number of ether oxygens (including phenoxy) is 2. The third kappa shape index (κ3) is 6.59. The summed E-state index contributed by atoms with van der Waals surface area (Å²) in [6.45, 7) is -3.13. The number of urea groups is 1. The molecule has 3 aliphatic rings. The van der Waals surface area contributed by atoms with Gasteiger partial charge in [-0.15, -0.1) is 12.8 Å². The van der Waals surface area contributed by atoms with Crippen molar-refractivity contribution in [3.05, 3.63) is 69.8 Å². The van der Waals surface area contributed by atoms with Crippen LogP contribution < -0.4 is 0 Å². The Hall–Kier alpha value is -6.36. The van der Waals surface area contributed by atoms with E-state index in [-0.39, 0.29) is 46.5 Å². The van der Waals surface area contributed by atoms with Crippen LogP contribution in [0, 0.1) is 24.7 Å². The number of terminal acetylenes is 2. The molecular formula is C33H26N4O12. The topological polar surface area (TPSA) is 208 Å². The number of carbonyl (C=O) groups is 8. The molecule has 0 saturated carbocycles. The molecular weight excluding hydrogens is 644 g/mol. The smallest absolute Gasteiger partial charge is 0.338 e. The summed E-state index contributed by atoms with van der Waals surface area (Å²) in [6, 6.07) is 6.56. The molecule has 5 rings (SSSR count). The molecule has 16 nitrogen and oxygen atoms in total. The molecule has 1 fully saturated rings. The monoisotopic (exact) mass is 670 g/mol. The van der Waals surface area contributed by atoms with E-state index in [1.165, 1.54) is 36.4 Å². The summed E-state index contributed by atoms with van der Waals surface area (Å²) >= 11 is 0. The molecule has 250 valence electrons. The first-order chi connectivity index (χ1) is 23.4. The van der Waals surface area contributed by atoms with Crippen LogP contribution in [0.15, 0.2) is 36.4 Å². The molecule has 0 spiro atoms. The van der Waals surface area contributed by atoms with Crippen LogP contribution in [0.4, 0.5) is 4.79 Å². The normalized spacial score (nSPS) is 16.4. The zero-order valence-electron chi connectivity index (χ0n) is 25.5. The largest absolute Gasteiger partial charge is 0.459 e. The van der Waals surface area contributed by atoms with Crippen LogP contribution in [-0.4, -0.2) is 135 Å². The lowest BCUT2D eigenvalue weighted by atomic mass is 10.1. The molecule has 3 aliphatic heterocycles. The number of nitrogens with zero attached hydrogens (tertiary/aromatic N) is 4. The Morgan fingerprint density at radius 1 is 0.673 bits per heavy atom. The Morgan fingerprint density at radius 3 is 1.55 bits per heavy atom. The van der Waals surface area contributed by atoms with Crippen LogP contribution in [0.1, 0.15) is 62.1 Å². The number of imide groups is 3. The van der Waals surface area contributed by atoms with E-state index >= 15 is 0 Å². The second kappa shape index (κ2) is 13.8. The summed E-state index contributed by atoms with van der Waals surface area (Å²) in [6.07, 6.45) is 7.47. The van der Waals surface area contributed by atoms with Crippen molar-refractivity contribution < 1.29 is 58.0 Å². The fraction of sp³-hybridized carbons (Fsp3) is 0.273. The Labute approximate surface area is 277 Å². The van der Waals surface area contributed by atoms with Gasteiger partial charge in [-0.25, -0.2) is 14.4 Å². The van der Waals surface area contributed by atoms with Crippen LogP contribution >= 0.6 is 0 Å². The number of hydrogen-bond donors (Lipinski definition) is 2. The summed E-state index contributed by atoms with van der Waals surface area (Å²) in [7, 11) is 0. The number of aliphatic hydroxyl groups excluding tert-OH is 2. The number of β-amino-alcohol motifs (C(OH)–C–C–N with tert-alkyl or cyclic N) is 2. The Kier molecular flexibility index (Phi) is 9.56. The second-order valence-corrected chi connectivity index (χ2v) is 11.0. The first-order valence-electron chi connectivity index (χ1n) is 14.5.